The minimum absolute atomic E-state index is 0.0578. The third kappa shape index (κ3) is 2.38. The number of non-ortho nitro benzene ring substituents is 1. The Morgan fingerprint density at radius 2 is 2.10 bits per heavy atom. The second-order valence-corrected chi connectivity index (χ2v) is 5.46. The summed E-state index contributed by atoms with van der Waals surface area (Å²) in [5.74, 6) is 0.714. The van der Waals surface area contributed by atoms with Gasteiger partial charge in [0.1, 0.15) is 0 Å². The van der Waals surface area contributed by atoms with Gasteiger partial charge in [0, 0.05) is 37.8 Å². The van der Waals surface area contributed by atoms with Crippen molar-refractivity contribution in [2.75, 3.05) is 19.6 Å². The number of nitro groups is 1. The monoisotopic (exact) mass is 275 g/mol. The second kappa shape index (κ2) is 5.20. The van der Waals surface area contributed by atoms with Crippen LogP contribution in [0.3, 0.4) is 0 Å². The van der Waals surface area contributed by atoms with Gasteiger partial charge in [-0.25, -0.2) is 0 Å². The van der Waals surface area contributed by atoms with Crippen molar-refractivity contribution in [1.29, 1.82) is 0 Å². The summed E-state index contributed by atoms with van der Waals surface area (Å²) in [7, 11) is 0. The molecule has 2 atom stereocenters. The van der Waals surface area contributed by atoms with Crippen LogP contribution in [0.2, 0.25) is 0 Å². The third-order valence-corrected chi connectivity index (χ3v) is 4.27. The summed E-state index contributed by atoms with van der Waals surface area (Å²) in [6.45, 7) is 2.73. The van der Waals surface area contributed by atoms with Crippen LogP contribution in [-0.2, 0) is 11.2 Å². The first kappa shape index (κ1) is 13.1. The van der Waals surface area contributed by atoms with Crippen molar-refractivity contribution in [2.45, 2.75) is 18.9 Å². The molecule has 6 heteroatoms. The molecule has 0 aromatic heterocycles. The fourth-order valence-corrected chi connectivity index (χ4v) is 3.17. The van der Waals surface area contributed by atoms with Crippen LogP contribution in [0, 0.1) is 16.0 Å². The Kier molecular flexibility index (Phi) is 3.40. The minimum Gasteiger partial charge on any atom is -0.338 e. The number of rotatable bonds is 3. The van der Waals surface area contributed by atoms with Crippen molar-refractivity contribution in [3.63, 3.8) is 0 Å². The predicted octanol–water partition coefficient (Wildman–Crippen LogP) is 0.958. The Bertz CT molecular complexity index is 529. The minimum atomic E-state index is -0.430. The van der Waals surface area contributed by atoms with Crippen molar-refractivity contribution in [2.24, 2.45) is 5.92 Å². The zero-order valence-corrected chi connectivity index (χ0v) is 11.1. The summed E-state index contributed by atoms with van der Waals surface area (Å²) >= 11 is 0. The number of amides is 1. The molecule has 2 aliphatic rings. The number of nitro benzene ring substituents is 1. The van der Waals surface area contributed by atoms with Crippen LogP contribution >= 0.6 is 0 Å². The van der Waals surface area contributed by atoms with Crippen LogP contribution in [0.1, 0.15) is 12.0 Å². The molecule has 0 bridgehead atoms. The van der Waals surface area contributed by atoms with Crippen LogP contribution < -0.4 is 5.32 Å². The molecule has 6 nitrogen and oxygen atoms in total. The third-order valence-electron chi connectivity index (χ3n) is 4.27. The number of fused-ring (bicyclic) bond motifs is 1. The molecule has 0 spiro atoms. The molecular weight excluding hydrogens is 258 g/mol. The van der Waals surface area contributed by atoms with Crippen LogP contribution in [0.25, 0.3) is 0 Å². The number of nitrogens with zero attached hydrogens (tertiary/aromatic N) is 2. The fraction of sp³-hybridized carbons (Fsp3) is 0.500. The molecule has 2 heterocycles. The Morgan fingerprint density at radius 3 is 2.80 bits per heavy atom. The molecule has 2 fully saturated rings. The highest BCUT2D eigenvalue weighted by Gasteiger charge is 2.39. The van der Waals surface area contributed by atoms with E-state index in [0.29, 0.717) is 18.4 Å². The van der Waals surface area contributed by atoms with Gasteiger partial charge in [0.2, 0.25) is 5.91 Å². The van der Waals surface area contributed by atoms with Crippen LogP contribution in [-0.4, -0.2) is 41.4 Å². The van der Waals surface area contributed by atoms with Crippen molar-refractivity contribution >= 4 is 11.6 Å². The maximum atomic E-state index is 12.3. The maximum absolute atomic E-state index is 12.3. The van der Waals surface area contributed by atoms with Gasteiger partial charge in [0.25, 0.3) is 5.69 Å². The standard InChI is InChI=1S/C14H17N3O3/c18-14(16-6-5-11-8-15-9-13(11)16)7-10-1-3-12(4-2-10)17(19)20/h1-4,11,13,15H,5-9H2/t11-,13+/m0/s1. The van der Waals surface area contributed by atoms with Crippen molar-refractivity contribution in [3.05, 3.63) is 39.9 Å². The number of carbonyl (C=O) groups excluding carboxylic acids is 1. The zero-order chi connectivity index (χ0) is 14.1. The number of benzene rings is 1. The lowest BCUT2D eigenvalue weighted by Gasteiger charge is -2.23. The average molecular weight is 275 g/mol. The van der Waals surface area contributed by atoms with Crippen molar-refractivity contribution < 1.29 is 9.72 Å². The van der Waals surface area contributed by atoms with Gasteiger partial charge in [-0.1, -0.05) is 12.1 Å². The van der Waals surface area contributed by atoms with Crippen molar-refractivity contribution in [3.8, 4) is 0 Å². The molecule has 20 heavy (non-hydrogen) atoms. The summed E-state index contributed by atoms with van der Waals surface area (Å²) < 4.78 is 0. The number of likely N-dealkylation sites (tertiary alicyclic amines) is 1. The molecule has 0 saturated carbocycles. The Hall–Kier alpha value is -1.95. The average Bonchev–Trinajstić information content (AvgIpc) is 3.01. The number of nitrogens with one attached hydrogen (secondary N) is 1. The smallest absolute Gasteiger partial charge is 0.269 e. The van der Waals surface area contributed by atoms with E-state index in [1.54, 1.807) is 12.1 Å². The molecular formula is C14H17N3O3. The second-order valence-electron chi connectivity index (χ2n) is 5.46. The van der Waals surface area contributed by atoms with Crippen LogP contribution in [0.15, 0.2) is 24.3 Å². The van der Waals surface area contributed by atoms with E-state index in [1.807, 2.05) is 4.90 Å². The first-order chi connectivity index (χ1) is 9.65. The predicted molar refractivity (Wildman–Crippen MR) is 73.3 cm³/mol. The fourth-order valence-electron chi connectivity index (χ4n) is 3.17. The first-order valence-electron chi connectivity index (χ1n) is 6.88. The Labute approximate surface area is 116 Å². The summed E-state index contributed by atoms with van der Waals surface area (Å²) in [6.07, 6.45) is 1.39. The lowest BCUT2D eigenvalue weighted by atomic mass is 10.0. The van der Waals surface area contributed by atoms with Gasteiger partial charge >= 0.3 is 0 Å². The molecule has 2 saturated heterocycles. The van der Waals surface area contributed by atoms with Gasteiger partial charge < -0.3 is 10.2 Å². The molecule has 0 aliphatic carbocycles. The molecule has 1 aromatic carbocycles. The molecule has 0 unspecified atom stereocenters. The van der Waals surface area contributed by atoms with Crippen LogP contribution in [0.5, 0.6) is 0 Å². The van der Waals surface area contributed by atoms with Gasteiger partial charge in [-0.3, -0.25) is 14.9 Å². The van der Waals surface area contributed by atoms with E-state index in [0.717, 1.165) is 31.6 Å². The quantitative estimate of drug-likeness (QED) is 0.658. The summed E-state index contributed by atoms with van der Waals surface area (Å²) in [6, 6.07) is 6.56. The van der Waals surface area contributed by atoms with Gasteiger partial charge in [-0.05, 0) is 17.9 Å². The SMILES string of the molecule is O=C(Cc1ccc([N+](=O)[O-])cc1)N1CC[C@H]2CNC[C@H]21. The summed E-state index contributed by atoms with van der Waals surface area (Å²) in [5.41, 5.74) is 0.887. The van der Waals surface area contributed by atoms with E-state index in [4.69, 9.17) is 0 Å². The van der Waals surface area contributed by atoms with E-state index in [1.165, 1.54) is 12.1 Å². The number of hydrogen-bond acceptors (Lipinski definition) is 4. The molecule has 106 valence electrons. The van der Waals surface area contributed by atoms with Gasteiger partial charge in [0.15, 0.2) is 0 Å². The highest BCUT2D eigenvalue weighted by atomic mass is 16.6. The largest absolute Gasteiger partial charge is 0.338 e. The molecule has 3 rings (SSSR count). The Morgan fingerprint density at radius 1 is 1.35 bits per heavy atom. The number of carbonyl (C=O) groups is 1. The molecule has 2 aliphatic heterocycles. The highest BCUT2D eigenvalue weighted by Crippen LogP contribution is 2.27. The lowest BCUT2D eigenvalue weighted by Crippen LogP contribution is -2.39. The van der Waals surface area contributed by atoms with Gasteiger partial charge in [-0.2, -0.15) is 0 Å². The summed E-state index contributed by atoms with van der Waals surface area (Å²) in [4.78, 5) is 24.5. The molecule has 0 radical (unpaired) electrons. The zero-order valence-electron chi connectivity index (χ0n) is 11.1. The number of hydrogen-bond donors (Lipinski definition) is 1. The van der Waals surface area contributed by atoms with E-state index >= 15 is 0 Å². The van der Waals surface area contributed by atoms with E-state index in [9.17, 15) is 14.9 Å². The highest BCUT2D eigenvalue weighted by molar-refractivity contribution is 5.79. The normalized spacial score (nSPS) is 24.7. The van der Waals surface area contributed by atoms with Crippen molar-refractivity contribution in [1.82, 2.24) is 10.2 Å². The topological polar surface area (TPSA) is 75.5 Å². The van der Waals surface area contributed by atoms with Crippen LogP contribution in [0.4, 0.5) is 5.69 Å². The van der Waals surface area contributed by atoms with Gasteiger partial charge in [-0.15, -0.1) is 0 Å². The molecule has 1 N–H and O–H groups in total. The van der Waals surface area contributed by atoms with E-state index < -0.39 is 4.92 Å². The lowest BCUT2D eigenvalue weighted by molar-refractivity contribution is -0.384. The first-order valence-corrected chi connectivity index (χ1v) is 6.88. The Balaban J connectivity index is 1.65. The maximum Gasteiger partial charge on any atom is 0.269 e. The van der Waals surface area contributed by atoms with E-state index in [2.05, 4.69) is 5.32 Å². The summed E-state index contributed by atoms with van der Waals surface area (Å²) in [5, 5.41) is 13.9. The van der Waals surface area contributed by atoms with E-state index in [-0.39, 0.29) is 11.6 Å². The van der Waals surface area contributed by atoms with Gasteiger partial charge in [0.05, 0.1) is 11.3 Å². The molecule has 1 amide bonds. The molecule has 1 aromatic rings.